The molecule has 0 aromatic heterocycles. The third kappa shape index (κ3) is 2.69. The van der Waals surface area contributed by atoms with Gasteiger partial charge in [0.1, 0.15) is 0 Å². The minimum absolute atomic E-state index is 0.0199. The average Bonchev–Trinajstić information content (AvgIpc) is 2.76. The van der Waals surface area contributed by atoms with Crippen molar-refractivity contribution in [2.75, 3.05) is 0 Å². The quantitative estimate of drug-likeness (QED) is 0.868. The fourth-order valence-corrected chi connectivity index (χ4v) is 3.09. The molecule has 4 heteroatoms. The standard InChI is InChI=1S/C16H21NO3/c1-3-11(4-2)14(9-15(18)19)17-10-12-7-5-6-8-13(12)16(17)20/h5-8,11,14H,3-4,9-10H2,1-2H3,(H,18,19). The number of carboxylic acid groups (broad SMARTS) is 1. The van der Waals surface area contributed by atoms with Gasteiger partial charge in [-0.2, -0.15) is 0 Å². The van der Waals surface area contributed by atoms with Crippen molar-refractivity contribution in [1.82, 2.24) is 4.90 Å². The van der Waals surface area contributed by atoms with Crippen molar-refractivity contribution in [3.63, 3.8) is 0 Å². The highest BCUT2D eigenvalue weighted by Crippen LogP contribution is 2.30. The molecule has 108 valence electrons. The molecule has 0 saturated carbocycles. The summed E-state index contributed by atoms with van der Waals surface area (Å²) in [5.41, 5.74) is 1.72. The van der Waals surface area contributed by atoms with Crippen LogP contribution in [-0.2, 0) is 11.3 Å². The summed E-state index contributed by atoms with van der Waals surface area (Å²) in [5, 5.41) is 9.15. The van der Waals surface area contributed by atoms with E-state index in [0.29, 0.717) is 12.1 Å². The Morgan fingerprint density at radius 1 is 1.30 bits per heavy atom. The Hall–Kier alpha value is -1.84. The van der Waals surface area contributed by atoms with E-state index in [1.807, 2.05) is 24.3 Å². The molecule has 1 aliphatic rings. The number of aliphatic carboxylic acids is 1. The number of amides is 1. The van der Waals surface area contributed by atoms with Gasteiger partial charge in [0.2, 0.25) is 0 Å². The molecule has 1 N–H and O–H groups in total. The molecule has 1 heterocycles. The molecule has 1 atom stereocenters. The van der Waals surface area contributed by atoms with Gasteiger partial charge in [0, 0.05) is 18.2 Å². The number of rotatable bonds is 6. The number of hydrogen-bond acceptors (Lipinski definition) is 2. The molecule has 0 spiro atoms. The van der Waals surface area contributed by atoms with Gasteiger partial charge in [0.15, 0.2) is 0 Å². The molecule has 0 radical (unpaired) electrons. The van der Waals surface area contributed by atoms with E-state index in [4.69, 9.17) is 5.11 Å². The number of benzene rings is 1. The van der Waals surface area contributed by atoms with Crippen LogP contribution in [-0.4, -0.2) is 27.9 Å². The van der Waals surface area contributed by atoms with Crippen molar-refractivity contribution in [3.8, 4) is 0 Å². The maximum Gasteiger partial charge on any atom is 0.305 e. The molecule has 20 heavy (non-hydrogen) atoms. The number of fused-ring (bicyclic) bond motifs is 1. The third-order valence-electron chi connectivity index (χ3n) is 4.23. The highest BCUT2D eigenvalue weighted by Gasteiger charge is 2.36. The second kappa shape index (κ2) is 6.07. The zero-order valence-corrected chi connectivity index (χ0v) is 12.0. The Balaban J connectivity index is 2.27. The molecule has 0 bridgehead atoms. The first kappa shape index (κ1) is 14.6. The first-order chi connectivity index (χ1) is 9.58. The van der Waals surface area contributed by atoms with Crippen molar-refractivity contribution in [2.24, 2.45) is 5.92 Å². The van der Waals surface area contributed by atoms with Crippen LogP contribution < -0.4 is 0 Å². The predicted octanol–water partition coefficient (Wildman–Crippen LogP) is 2.92. The van der Waals surface area contributed by atoms with Crippen molar-refractivity contribution in [1.29, 1.82) is 0 Å². The highest BCUT2D eigenvalue weighted by molar-refractivity contribution is 5.98. The summed E-state index contributed by atoms with van der Waals surface area (Å²) in [6.07, 6.45) is 1.79. The number of carbonyl (C=O) groups is 2. The monoisotopic (exact) mass is 275 g/mol. The van der Waals surface area contributed by atoms with E-state index < -0.39 is 5.97 Å². The van der Waals surface area contributed by atoms with Gasteiger partial charge in [0.25, 0.3) is 5.91 Å². The molecule has 2 rings (SSSR count). The number of carboxylic acids is 1. The Morgan fingerprint density at radius 2 is 1.95 bits per heavy atom. The Kier molecular flexibility index (Phi) is 4.42. The van der Waals surface area contributed by atoms with Crippen LogP contribution in [0.2, 0.25) is 0 Å². The molecule has 1 amide bonds. The summed E-state index contributed by atoms with van der Waals surface area (Å²) in [7, 11) is 0. The lowest BCUT2D eigenvalue weighted by Crippen LogP contribution is -2.42. The number of hydrogen-bond donors (Lipinski definition) is 1. The molecule has 4 nitrogen and oxygen atoms in total. The minimum Gasteiger partial charge on any atom is -0.481 e. The van der Waals surface area contributed by atoms with Crippen LogP contribution in [0.25, 0.3) is 0 Å². The first-order valence-corrected chi connectivity index (χ1v) is 7.19. The van der Waals surface area contributed by atoms with Crippen molar-refractivity contribution in [2.45, 2.75) is 45.7 Å². The van der Waals surface area contributed by atoms with E-state index in [1.165, 1.54) is 0 Å². The number of carbonyl (C=O) groups excluding carboxylic acids is 1. The Bertz CT molecular complexity index is 508. The van der Waals surface area contributed by atoms with E-state index in [0.717, 1.165) is 18.4 Å². The van der Waals surface area contributed by atoms with Crippen LogP contribution in [0.4, 0.5) is 0 Å². The summed E-state index contributed by atoms with van der Waals surface area (Å²) in [6.45, 7) is 4.64. The number of nitrogens with zero attached hydrogens (tertiary/aromatic N) is 1. The molecule has 0 saturated heterocycles. The lowest BCUT2D eigenvalue weighted by molar-refractivity contribution is -0.138. The molecular formula is C16H21NO3. The normalized spacial score (nSPS) is 15.6. The zero-order chi connectivity index (χ0) is 14.7. The molecule has 0 aliphatic carbocycles. The molecule has 1 unspecified atom stereocenters. The van der Waals surface area contributed by atoms with Crippen LogP contribution in [0, 0.1) is 5.92 Å². The fraction of sp³-hybridized carbons (Fsp3) is 0.500. The van der Waals surface area contributed by atoms with E-state index >= 15 is 0 Å². The zero-order valence-electron chi connectivity index (χ0n) is 12.0. The lowest BCUT2D eigenvalue weighted by Gasteiger charge is -2.32. The third-order valence-corrected chi connectivity index (χ3v) is 4.23. The van der Waals surface area contributed by atoms with Crippen LogP contribution in [0.3, 0.4) is 0 Å². The highest BCUT2D eigenvalue weighted by atomic mass is 16.4. The molecule has 1 aromatic carbocycles. The second-order valence-electron chi connectivity index (χ2n) is 5.33. The van der Waals surface area contributed by atoms with Crippen molar-refractivity contribution >= 4 is 11.9 Å². The maximum absolute atomic E-state index is 12.5. The van der Waals surface area contributed by atoms with Crippen LogP contribution in [0.5, 0.6) is 0 Å². The summed E-state index contributed by atoms with van der Waals surface area (Å²) < 4.78 is 0. The average molecular weight is 275 g/mol. The Morgan fingerprint density at radius 3 is 2.50 bits per heavy atom. The topological polar surface area (TPSA) is 57.6 Å². The minimum atomic E-state index is -0.842. The Labute approximate surface area is 119 Å². The van der Waals surface area contributed by atoms with Gasteiger partial charge in [0.05, 0.1) is 6.42 Å². The van der Waals surface area contributed by atoms with Crippen LogP contribution >= 0.6 is 0 Å². The van der Waals surface area contributed by atoms with Gasteiger partial charge in [-0.05, 0) is 17.5 Å². The fourth-order valence-electron chi connectivity index (χ4n) is 3.09. The van der Waals surface area contributed by atoms with Crippen molar-refractivity contribution < 1.29 is 14.7 Å². The summed E-state index contributed by atoms with van der Waals surface area (Å²) in [4.78, 5) is 25.4. The summed E-state index contributed by atoms with van der Waals surface area (Å²) >= 11 is 0. The van der Waals surface area contributed by atoms with Gasteiger partial charge in [-0.25, -0.2) is 0 Å². The molecule has 1 aromatic rings. The lowest BCUT2D eigenvalue weighted by atomic mass is 9.90. The van der Waals surface area contributed by atoms with Gasteiger partial charge in [-0.1, -0.05) is 44.9 Å². The van der Waals surface area contributed by atoms with Gasteiger partial charge < -0.3 is 10.0 Å². The van der Waals surface area contributed by atoms with E-state index in [9.17, 15) is 9.59 Å². The van der Waals surface area contributed by atoms with Gasteiger partial charge in [-0.3, -0.25) is 9.59 Å². The SMILES string of the molecule is CCC(CC)C(CC(=O)O)N1Cc2ccccc2C1=O. The van der Waals surface area contributed by atoms with Crippen molar-refractivity contribution in [3.05, 3.63) is 35.4 Å². The summed E-state index contributed by atoms with van der Waals surface area (Å²) in [5.74, 6) is -0.645. The van der Waals surface area contributed by atoms with Crippen LogP contribution in [0.15, 0.2) is 24.3 Å². The van der Waals surface area contributed by atoms with E-state index in [-0.39, 0.29) is 24.3 Å². The largest absolute Gasteiger partial charge is 0.481 e. The van der Waals surface area contributed by atoms with E-state index in [1.54, 1.807) is 4.90 Å². The molecule has 1 aliphatic heterocycles. The molecule has 0 fully saturated rings. The van der Waals surface area contributed by atoms with Crippen LogP contribution in [0.1, 0.15) is 49.0 Å². The predicted molar refractivity (Wildman–Crippen MR) is 76.4 cm³/mol. The second-order valence-corrected chi connectivity index (χ2v) is 5.33. The van der Waals surface area contributed by atoms with Gasteiger partial charge in [-0.15, -0.1) is 0 Å². The van der Waals surface area contributed by atoms with Gasteiger partial charge >= 0.3 is 5.97 Å². The first-order valence-electron chi connectivity index (χ1n) is 7.19. The molecular weight excluding hydrogens is 254 g/mol. The smallest absolute Gasteiger partial charge is 0.305 e. The maximum atomic E-state index is 12.5. The summed E-state index contributed by atoms with van der Waals surface area (Å²) in [6, 6.07) is 7.31. The van der Waals surface area contributed by atoms with E-state index in [2.05, 4.69) is 13.8 Å².